The van der Waals surface area contributed by atoms with Crippen LogP contribution < -0.4 is 0 Å². The Morgan fingerprint density at radius 2 is 1.62 bits per heavy atom. The van der Waals surface area contributed by atoms with Gasteiger partial charge in [0.15, 0.2) is 0 Å². The lowest BCUT2D eigenvalue weighted by molar-refractivity contribution is 0.0523. The van der Waals surface area contributed by atoms with Crippen LogP contribution in [0.2, 0.25) is 0 Å². The fourth-order valence-corrected chi connectivity index (χ4v) is 1.62. The zero-order valence-electron chi connectivity index (χ0n) is 9.64. The van der Waals surface area contributed by atoms with Gasteiger partial charge in [-0.2, -0.15) is 0 Å². The SMILES string of the molecule is CCCCCCCC(CC)OCC. The molecule has 0 aromatic rings. The van der Waals surface area contributed by atoms with Crippen LogP contribution in [-0.2, 0) is 4.74 Å². The van der Waals surface area contributed by atoms with Crippen molar-refractivity contribution >= 4 is 0 Å². The van der Waals surface area contributed by atoms with Gasteiger partial charge in [-0.3, -0.25) is 0 Å². The average Bonchev–Trinajstić information content (AvgIpc) is 2.16. The first-order valence-electron chi connectivity index (χ1n) is 5.96. The van der Waals surface area contributed by atoms with Crippen LogP contribution in [-0.4, -0.2) is 12.7 Å². The van der Waals surface area contributed by atoms with E-state index in [0.717, 1.165) is 6.61 Å². The molecule has 1 nitrogen and oxygen atoms in total. The van der Waals surface area contributed by atoms with E-state index < -0.39 is 0 Å². The van der Waals surface area contributed by atoms with Crippen LogP contribution in [0.25, 0.3) is 0 Å². The van der Waals surface area contributed by atoms with E-state index in [4.69, 9.17) is 4.74 Å². The zero-order valence-corrected chi connectivity index (χ0v) is 9.64. The maximum Gasteiger partial charge on any atom is 0.0572 e. The van der Waals surface area contributed by atoms with Crippen molar-refractivity contribution in [2.75, 3.05) is 6.61 Å². The summed E-state index contributed by atoms with van der Waals surface area (Å²) in [6.07, 6.45) is 9.81. The third kappa shape index (κ3) is 8.29. The molecule has 0 N–H and O–H groups in total. The second kappa shape index (κ2) is 10.0. The topological polar surface area (TPSA) is 9.23 Å². The molecule has 0 aliphatic carbocycles. The molecule has 0 heterocycles. The Morgan fingerprint density at radius 3 is 2.15 bits per heavy atom. The minimum Gasteiger partial charge on any atom is -0.379 e. The second-order valence-corrected chi connectivity index (χ2v) is 3.69. The summed E-state index contributed by atoms with van der Waals surface area (Å²) < 4.78 is 5.60. The lowest BCUT2D eigenvalue weighted by Crippen LogP contribution is -2.11. The van der Waals surface area contributed by atoms with Crippen molar-refractivity contribution in [2.24, 2.45) is 0 Å². The summed E-state index contributed by atoms with van der Waals surface area (Å²) in [6, 6.07) is 0. The van der Waals surface area contributed by atoms with Crippen LogP contribution in [0.3, 0.4) is 0 Å². The molecule has 0 aromatic carbocycles. The molecule has 0 saturated heterocycles. The van der Waals surface area contributed by atoms with Gasteiger partial charge in [0.2, 0.25) is 0 Å². The van der Waals surface area contributed by atoms with Crippen LogP contribution in [0.4, 0.5) is 0 Å². The van der Waals surface area contributed by atoms with Crippen molar-refractivity contribution in [1.82, 2.24) is 0 Å². The Morgan fingerprint density at radius 1 is 0.923 bits per heavy atom. The standard InChI is InChI=1S/C12H26O/c1-4-7-8-9-10-11-12(5-2)13-6-3/h12H,4-11H2,1-3H3. The maximum atomic E-state index is 5.60. The predicted octanol–water partition coefficient (Wildman–Crippen LogP) is 4.16. The van der Waals surface area contributed by atoms with E-state index in [1.165, 1.54) is 44.9 Å². The predicted molar refractivity (Wildman–Crippen MR) is 59.1 cm³/mol. The molecule has 0 radical (unpaired) electrons. The van der Waals surface area contributed by atoms with Crippen molar-refractivity contribution in [3.05, 3.63) is 0 Å². The Bertz CT molecular complexity index is 91.1. The van der Waals surface area contributed by atoms with Gasteiger partial charge < -0.3 is 4.74 Å². The van der Waals surface area contributed by atoms with Crippen molar-refractivity contribution in [3.8, 4) is 0 Å². The van der Waals surface area contributed by atoms with Crippen LogP contribution in [0.5, 0.6) is 0 Å². The number of hydrogen-bond donors (Lipinski definition) is 0. The molecule has 0 saturated carbocycles. The lowest BCUT2D eigenvalue weighted by atomic mass is 10.1. The summed E-state index contributed by atoms with van der Waals surface area (Å²) in [7, 11) is 0. The van der Waals surface area contributed by atoms with Crippen molar-refractivity contribution in [1.29, 1.82) is 0 Å². The lowest BCUT2D eigenvalue weighted by Gasteiger charge is -2.14. The number of rotatable bonds is 9. The summed E-state index contributed by atoms with van der Waals surface area (Å²) in [5.41, 5.74) is 0. The fourth-order valence-electron chi connectivity index (χ4n) is 1.62. The Labute approximate surface area is 83.9 Å². The zero-order chi connectivity index (χ0) is 9.94. The molecular weight excluding hydrogens is 160 g/mol. The second-order valence-electron chi connectivity index (χ2n) is 3.69. The molecule has 1 unspecified atom stereocenters. The van der Waals surface area contributed by atoms with Gasteiger partial charge in [-0.15, -0.1) is 0 Å². The first kappa shape index (κ1) is 13.0. The summed E-state index contributed by atoms with van der Waals surface area (Å²) >= 11 is 0. The maximum absolute atomic E-state index is 5.60. The Hall–Kier alpha value is -0.0400. The van der Waals surface area contributed by atoms with E-state index >= 15 is 0 Å². The normalized spacial score (nSPS) is 13.2. The molecule has 0 spiro atoms. The Kier molecular flexibility index (Phi) is 10.0. The summed E-state index contributed by atoms with van der Waals surface area (Å²) in [5.74, 6) is 0. The first-order chi connectivity index (χ1) is 6.35. The van der Waals surface area contributed by atoms with Crippen LogP contribution in [0, 0.1) is 0 Å². The molecule has 0 aromatic heterocycles. The highest BCUT2D eigenvalue weighted by atomic mass is 16.5. The molecule has 0 aliphatic rings. The number of unbranched alkanes of at least 4 members (excludes halogenated alkanes) is 4. The quantitative estimate of drug-likeness (QED) is 0.491. The van der Waals surface area contributed by atoms with Gasteiger partial charge in [0.05, 0.1) is 6.10 Å². The Balaban J connectivity index is 3.17. The van der Waals surface area contributed by atoms with E-state index in [0.29, 0.717) is 6.10 Å². The molecular formula is C12H26O. The third-order valence-electron chi connectivity index (χ3n) is 2.49. The highest BCUT2D eigenvalue weighted by molar-refractivity contribution is 4.55. The largest absolute Gasteiger partial charge is 0.379 e. The van der Waals surface area contributed by atoms with Crippen molar-refractivity contribution in [3.63, 3.8) is 0 Å². The average molecular weight is 186 g/mol. The molecule has 0 aliphatic heterocycles. The van der Waals surface area contributed by atoms with E-state index in [1.54, 1.807) is 0 Å². The number of hydrogen-bond acceptors (Lipinski definition) is 1. The highest BCUT2D eigenvalue weighted by Gasteiger charge is 2.03. The summed E-state index contributed by atoms with van der Waals surface area (Å²) in [4.78, 5) is 0. The van der Waals surface area contributed by atoms with Crippen LogP contribution in [0.1, 0.15) is 65.7 Å². The van der Waals surface area contributed by atoms with Crippen LogP contribution in [0.15, 0.2) is 0 Å². The van der Waals surface area contributed by atoms with Crippen molar-refractivity contribution < 1.29 is 4.74 Å². The van der Waals surface area contributed by atoms with Gasteiger partial charge in [0.25, 0.3) is 0 Å². The first-order valence-corrected chi connectivity index (χ1v) is 5.96. The monoisotopic (exact) mass is 186 g/mol. The smallest absolute Gasteiger partial charge is 0.0572 e. The molecule has 1 atom stereocenters. The van der Waals surface area contributed by atoms with Gasteiger partial charge in [-0.1, -0.05) is 46.0 Å². The molecule has 0 fully saturated rings. The van der Waals surface area contributed by atoms with Gasteiger partial charge in [-0.05, 0) is 19.8 Å². The van der Waals surface area contributed by atoms with Gasteiger partial charge in [0.1, 0.15) is 0 Å². The van der Waals surface area contributed by atoms with E-state index in [1.807, 2.05) is 0 Å². The summed E-state index contributed by atoms with van der Waals surface area (Å²) in [6.45, 7) is 7.43. The highest BCUT2D eigenvalue weighted by Crippen LogP contribution is 2.11. The molecule has 1 heteroatoms. The number of ether oxygens (including phenoxy) is 1. The molecule has 13 heavy (non-hydrogen) atoms. The molecule has 0 amide bonds. The van der Waals surface area contributed by atoms with E-state index in [-0.39, 0.29) is 0 Å². The fraction of sp³-hybridized carbons (Fsp3) is 1.00. The molecule has 80 valence electrons. The third-order valence-corrected chi connectivity index (χ3v) is 2.49. The van der Waals surface area contributed by atoms with Gasteiger partial charge in [-0.25, -0.2) is 0 Å². The van der Waals surface area contributed by atoms with E-state index in [2.05, 4.69) is 20.8 Å². The molecule has 0 bridgehead atoms. The van der Waals surface area contributed by atoms with Gasteiger partial charge in [0, 0.05) is 6.61 Å². The van der Waals surface area contributed by atoms with Crippen LogP contribution >= 0.6 is 0 Å². The minimum absolute atomic E-state index is 0.520. The summed E-state index contributed by atoms with van der Waals surface area (Å²) in [5, 5.41) is 0. The molecule has 0 rings (SSSR count). The van der Waals surface area contributed by atoms with Crippen molar-refractivity contribution in [2.45, 2.75) is 71.8 Å². The van der Waals surface area contributed by atoms with E-state index in [9.17, 15) is 0 Å². The van der Waals surface area contributed by atoms with Gasteiger partial charge >= 0.3 is 0 Å². The minimum atomic E-state index is 0.520.